The van der Waals surface area contributed by atoms with Crippen molar-refractivity contribution in [1.82, 2.24) is 0 Å². The molecular weight excluding hydrogens is 142 g/mol. The van der Waals surface area contributed by atoms with E-state index in [-0.39, 0.29) is 10.7 Å². The first kappa shape index (κ1) is 7.48. The van der Waals surface area contributed by atoms with E-state index in [0.29, 0.717) is 0 Å². The first-order valence-corrected chi connectivity index (χ1v) is 4.77. The Morgan fingerprint density at radius 1 is 1.20 bits per heavy atom. The van der Waals surface area contributed by atoms with Gasteiger partial charge < -0.3 is 0 Å². The van der Waals surface area contributed by atoms with Gasteiger partial charge in [-0.15, -0.1) is 0 Å². The first-order valence-electron chi connectivity index (χ1n) is 3.14. The van der Waals surface area contributed by atoms with Crippen LogP contribution >= 0.6 is 0 Å². The Morgan fingerprint density at radius 3 is 2.10 bits per heavy atom. The van der Waals surface area contributed by atoms with Gasteiger partial charge in [0.15, 0.2) is 0 Å². The summed E-state index contributed by atoms with van der Waals surface area (Å²) in [5.41, 5.74) is 1.26. The van der Waals surface area contributed by atoms with Gasteiger partial charge in [0, 0.05) is 4.90 Å². The summed E-state index contributed by atoms with van der Waals surface area (Å²) in [6.07, 6.45) is 1.91. The number of hydrogen-bond acceptors (Lipinski definition) is 1. The molecule has 1 atom stereocenters. The van der Waals surface area contributed by atoms with E-state index in [1.165, 1.54) is 5.56 Å². The van der Waals surface area contributed by atoms with Gasteiger partial charge in [0.05, 0.1) is 0 Å². The first-order chi connectivity index (χ1) is 4.70. The molecule has 0 aliphatic carbocycles. The largest absolute Gasteiger partial charge is 0.276 e. The zero-order valence-corrected chi connectivity index (χ0v) is 7.03. The second-order valence-corrected chi connectivity index (χ2v) is 3.82. The zero-order valence-electron chi connectivity index (χ0n) is 6.22. The van der Waals surface area contributed by atoms with Crippen molar-refractivity contribution in [3.8, 4) is 0 Å². The van der Waals surface area contributed by atoms with Crippen LogP contribution in [0.25, 0.3) is 0 Å². The monoisotopic (exact) mass is 153 g/mol. The molecule has 1 nitrogen and oxygen atoms in total. The van der Waals surface area contributed by atoms with Gasteiger partial charge in [-0.3, -0.25) is 4.78 Å². The molecule has 1 aromatic rings. The van der Waals surface area contributed by atoms with E-state index in [1.54, 1.807) is 0 Å². The number of hydrogen-bond donors (Lipinski definition) is 1. The van der Waals surface area contributed by atoms with Crippen LogP contribution in [0.15, 0.2) is 29.2 Å². The molecule has 1 rings (SSSR count). The molecule has 0 amide bonds. The summed E-state index contributed by atoms with van der Waals surface area (Å²) in [5.74, 6) is 0. The van der Waals surface area contributed by atoms with Crippen molar-refractivity contribution >= 4 is 10.7 Å². The highest BCUT2D eigenvalue weighted by molar-refractivity contribution is 7.85. The minimum absolute atomic E-state index is 0.337. The van der Waals surface area contributed by atoms with Gasteiger partial charge in [-0.1, -0.05) is 28.4 Å². The van der Waals surface area contributed by atoms with Gasteiger partial charge in [0.1, 0.15) is 0 Å². The summed E-state index contributed by atoms with van der Waals surface area (Å²) >= 11 is 0. The molecule has 0 aliphatic rings. The fourth-order valence-corrected chi connectivity index (χ4v) is 1.29. The molecule has 0 aliphatic heterocycles. The van der Waals surface area contributed by atoms with Gasteiger partial charge in [0.2, 0.25) is 0 Å². The lowest BCUT2D eigenvalue weighted by molar-refractivity contribution is 1.36. The minimum atomic E-state index is -0.337. The third kappa shape index (κ3) is 1.67. The fraction of sp³-hybridized carbons (Fsp3) is 0.250. The minimum Gasteiger partial charge on any atom is -0.276 e. The Balaban J connectivity index is 3.00. The molecule has 1 aromatic carbocycles. The second kappa shape index (κ2) is 2.97. The third-order valence-electron chi connectivity index (χ3n) is 1.37. The average Bonchev–Trinajstić information content (AvgIpc) is 1.88. The quantitative estimate of drug-likeness (QED) is 0.640. The third-order valence-corrected chi connectivity index (χ3v) is 2.35. The number of rotatable bonds is 1. The summed E-state index contributed by atoms with van der Waals surface area (Å²) in [6, 6.07) is 8.14. The van der Waals surface area contributed by atoms with Crippen LogP contribution in [0.2, 0.25) is 0 Å². The van der Waals surface area contributed by atoms with Crippen molar-refractivity contribution in [1.29, 1.82) is 4.78 Å². The highest BCUT2D eigenvalue weighted by Gasteiger charge is 1.90. The van der Waals surface area contributed by atoms with Gasteiger partial charge >= 0.3 is 0 Å². The molecule has 10 heavy (non-hydrogen) atoms. The molecule has 0 saturated carbocycles. The molecule has 2 heteroatoms. The maximum atomic E-state index is 7.42. The summed E-state index contributed by atoms with van der Waals surface area (Å²) in [7, 11) is -0.337. The highest BCUT2D eigenvalue weighted by atomic mass is 32.2. The van der Waals surface area contributed by atoms with E-state index in [2.05, 4.69) is 6.92 Å². The van der Waals surface area contributed by atoms with Gasteiger partial charge in [-0.2, -0.15) is 0 Å². The molecular formula is C8H11NS. The van der Waals surface area contributed by atoms with Crippen LogP contribution < -0.4 is 0 Å². The van der Waals surface area contributed by atoms with Crippen molar-refractivity contribution in [2.45, 2.75) is 11.8 Å². The van der Waals surface area contributed by atoms with E-state index in [9.17, 15) is 0 Å². The van der Waals surface area contributed by atoms with Gasteiger partial charge in [-0.05, 0) is 25.3 Å². The molecule has 0 saturated heterocycles. The molecule has 0 spiro atoms. The van der Waals surface area contributed by atoms with E-state index in [1.807, 2.05) is 30.5 Å². The smallest absolute Gasteiger partial charge is 0.0179 e. The van der Waals surface area contributed by atoms with Crippen LogP contribution in [0.4, 0.5) is 0 Å². The molecule has 0 aromatic heterocycles. The molecule has 1 unspecified atom stereocenters. The maximum Gasteiger partial charge on any atom is 0.0179 e. The van der Waals surface area contributed by atoms with Gasteiger partial charge in [-0.25, -0.2) is 0 Å². The van der Waals surface area contributed by atoms with Crippen molar-refractivity contribution in [3.05, 3.63) is 29.8 Å². The van der Waals surface area contributed by atoms with Crippen LogP contribution in [0, 0.1) is 11.7 Å². The summed E-state index contributed by atoms with van der Waals surface area (Å²) in [6.45, 7) is 2.06. The van der Waals surface area contributed by atoms with Crippen LogP contribution in [-0.4, -0.2) is 6.26 Å². The van der Waals surface area contributed by atoms with E-state index >= 15 is 0 Å². The number of benzene rings is 1. The fourth-order valence-electron chi connectivity index (χ4n) is 0.742. The summed E-state index contributed by atoms with van der Waals surface area (Å²) in [4.78, 5) is 1.12. The molecule has 1 N–H and O–H groups in total. The van der Waals surface area contributed by atoms with Crippen LogP contribution in [0.5, 0.6) is 0 Å². The average molecular weight is 153 g/mol. The van der Waals surface area contributed by atoms with Crippen molar-refractivity contribution < 1.29 is 0 Å². The molecule has 0 bridgehead atoms. The van der Waals surface area contributed by atoms with Crippen molar-refractivity contribution in [2.24, 2.45) is 0 Å². The standard InChI is InChI=1S/C8H11NS/c1-7-3-5-8(6-4-7)10(2)9/h3-6,9H,1-2H3. The van der Waals surface area contributed by atoms with E-state index in [4.69, 9.17) is 4.78 Å². The molecule has 54 valence electrons. The lowest BCUT2D eigenvalue weighted by Crippen LogP contribution is -1.83. The Bertz CT molecular complexity index is 238. The maximum absolute atomic E-state index is 7.42. The second-order valence-electron chi connectivity index (χ2n) is 2.32. The zero-order chi connectivity index (χ0) is 7.56. The number of nitrogens with one attached hydrogen (secondary N) is 1. The SMILES string of the molecule is Cc1ccc(S(C)=N)cc1. The predicted octanol–water partition coefficient (Wildman–Crippen LogP) is 2.36. The van der Waals surface area contributed by atoms with E-state index < -0.39 is 0 Å². The van der Waals surface area contributed by atoms with Gasteiger partial charge in [0.25, 0.3) is 0 Å². The Morgan fingerprint density at radius 2 is 1.70 bits per heavy atom. The number of aryl methyl sites for hydroxylation is 1. The molecule has 0 heterocycles. The van der Waals surface area contributed by atoms with Crippen LogP contribution in [-0.2, 0) is 10.7 Å². The Hall–Kier alpha value is -0.630. The normalized spacial score (nSPS) is 13.0. The van der Waals surface area contributed by atoms with Crippen molar-refractivity contribution in [2.75, 3.05) is 6.26 Å². The Labute approximate surface area is 64.0 Å². The van der Waals surface area contributed by atoms with Crippen LogP contribution in [0.1, 0.15) is 5.56 Å². The van der Waals surface area contributed by atoms with Crippen LogP contribution in [0.3, 0.4) is 0 Å². The predicted molar refractivity (Wildman–Crippen MR) is 45.5 cm³/mol. The topological polar surface area (TPSA) is 23.9 Å². The van der Waals surface area contributed by atoms with Crippen molar-refractivity contribution in [3.63, 3.8) is 0 Å². The Kier molecular flexibility index (Phi) is 2.22. The highest BCUT2D eigenvalue weighted by Crippen LogP contribution is 2.06. The molecule has 0 radical (unpaired) electrons. The molecule has 0 fully saturated rings. The summed E-state index contributed by atoms with van der Waals surface area (Å²) in [5, 5.41) is 0. The van der Waals surface area contributed by atoms with E-state index in [0.717, 1.165) is 4.90 Å². The lowest BCUT2D eigenvalue weighted by Gasteiger charge is -1.97. The summed E-state index contributed by atoms with van der Waals surface area (Å²) < 4.78 is 7.42. The lowest BCUT2D eigenvalue weighted by atomic mass is 10.2.